The molecular weight excluding hydrogens is 286 g/mol. The molecule has 4 nitrogen and oxygen atoms in total. The molecule has 0 bridgehead atoms. The van der Waals surface area contributed by atoms with Crippen molar-refractivity contribution < 1.29 is 4.74 Å². The normalized spacial score (nSPS) is 15.5. The molecule has 1 aliphatic rings. The molecular formula is C19H23N3O. The van der Waals surface area contributed by atoms with E-state index in [1.54, 1.807) is 0 Å². The Morgan fingerprint density at radius 1 is 0.913 bits per heavy atom. The highest BCUT2D eigenvalue weighted by atomic mass is 16.5. The van der Waals surface area contributed by atoms with Gasteiger partial charge in [0.05, 0.1) is 19.8 Å². The van der Waals surface area contributed by atoms with E-state index >= 15 is 0 Å². The monoisotopic (exact) mass is 309 g/mol. The minimum absolute atomic E-state index is 0.690. The van der Waals surface area contributed by atoms with E-state index in [9.17, 15) is 0 Å². The number of morpholine rings is 1. The van der Waals surface area contributed by atoms with Crippen molar-refractivity contribution in [3.63, 3.8) is 0 Å². The fourth-order valence-corrected chi connectivity index (χ4v) is 2.57. The predicted octanol–water partition coefficient (Wildman–Crippen LogP) is 2.66. The SMILES string of the molecule is c1ccc(CN=C(NCc2ccccc2)N2CCOCC2)cc1. The number of hydrogen-bond donors (Lipinski definition) is 1. The maximum atomic E-state index is 5.45. The minimum Gasteiger partial charge on any atom is -0.378 e. The van der Waals surface area contributed by atoms with Crippen LogP contribution in [0.1, 0.15) is 11.1 Å². The zero-order chi connectivity index (χ0) is 15.7. The van der Waals surface area contributed by atoms with E-state index in [2.05, 4.69) is 58.7 Å². The fourth-order valence-electron chi connectivity index (χ4n) is 2.57. The molecule has 120 valence electrons. The van der Waals surface area contributed by atoms with Crippen LogP contribution in [0.15, 0.2) is 65.7 Å². The molecule has 3 rings (SSSR count). The summed E-state index contributed by atoms with van der Waals surface area (Å²) >= 11 is 0. The zero-order valence-electron chi connectivity index (χ0n) is 13.3. The lowest BCUT2D eigenvalue weighted by molar-refractivity contribution is 0.0663. The first kappa shape index (κ1) is 15.6. The Hall–Kier alpha value is -2.33. The molecule has 1 N–H and O–H groups in total. The Labute approximate surface area is 137 Å². The molecule has 0 amide bonds. The average molecular weight is 309 g/mol. The quantitative estimate of drug-likeness (QED) is 0.697. The van der Waals surface area contributed by atoms with Gasteiger partial charge in [-0.05, 0) is 11.1 Å². The maximum Gasteiger partial charge on any atom is 0.194 e. The molecule has 2 aromatic carbocycles. The van der Waals surface area contributed by atoms with Crippen molar-refractivity contribution in [3.8, 4) is 0 Å². The summed E-state index contributed by atoms with van der Waals surface area (Å²) < 4.78 is 5.45. The molecule has 0 aliphatic carbocycles. The topological polar surface area (TPSA) is 36.9 Å². The van der Waals surface area contributed by atoms with Crippen LogP contribution in [0.2, 0.25) is 0 Å². The van der Waals surface area contributed by atoms with Gasteiger partial charge < -0.3 is 15.0 Å². The van der Waals surface area contributed by atoms with Gasteiger partial charge in [-0.15, -0.1) is 0 Å². The third-order valence-electron chi connectivity index (χ3n) is 3.86. The summed E-state index contributed by atoms with van der Waals surface area (Å²) in [5.74, 6) is 0.959. The van der Waals surface area contributed by atoms with Crippen molar-refractivity contribution in [2.45, 2.75) is 13.1 Å². The van der Waals surface area contributed by atoms with Crippen LogP contribution >= 0.6 is 0 Å². The van der Waals surface area contributed by atoms with Crippen LogP contribution in [-0.4, -0.2) is 37.2 Å². The lowest BCUT2D eigenvalue weighted by Gasteiger charge is -2.30. The van der Waals surface area contributed by atoms with Crippen molar-refractivity contribution in [2.75, 3.05) is 26.3 Å². The Morgan fingerprint density at radius 3 is 2.17 bits per heavy atom. The molecule has 0 atom stereocenters. The van der Waals surface area contributed by atoms with E-state index in [4.69, 9.17) is 9.73 Å². The van der Waals surface area contributed by atoms with Crippen LogP contribution in [0, 0.1) is 0 Å². The number of hydrogen-bond acceptors (Lipinski definition) is 2. The smallest absolute Gasteiger partial charge is 0.194 e. The Morgan fingerprint density at radius 2 is 1.52 bits per heavy atom. The second-order valence-electron chi connectivity index (χ2n) is 5.56. The second kappa shape index (κ2) is 8.34. The summed E-state index contributed by atoms with van der Waals surface area (Å²) in [6.45, 7) is 4.76. The van der Waals surface area contributed by atoms with Crippen LogP contribution in [0.5, 0.6) is 0 Å². The first-order valence-corrected chi connectivity index (χ1v) is 8.11. The third kappa shape index (κ3) is 4.83. The lowest BCUT2D eigenvalue weighted by Crippen LogP contribution is -2.47. The number of guanidine groups is 1. The van der Waals surface area contributed by atoms with Crippen molar-refractivity contribution in [1.82, 2.24) is 10.2 Å². The van der Waals surface area contributed by atoms with Gasteiger partial charge in [0.2, 0.25) is 0 Å². The van der Waals surface area contributed by atoms with Crippen LogP contribution in [0.25, 0.3) is 0 Å². The highest BCUT2D eigenvalue weighted by Crippen LogP contribution is 2.05. The molecule has 1 heterocycles. The van der Waals surface area contributed by atoms with E-state index in [0.29, 0.717) is 6.54 Å². The highest BCUT2D eigenvalue weighted by Gasteiger charge is 2.14. The number of benzene rings is 2. The standard InChI is InChI=1S/C19H23N3O/c1-3-7-17(8-4-1)15-20-19(22-11-13-23-14-12-22)21-16-18-9-5-2-6-10-18/h1-10H,11-16H2,(H,20,21). The van der Waals surface area contributed by atoms with E-state index in [1.165, 1.54) is 11.1 Å². The second-order valence-corrected chi connectivity index (χ2v) is 5.56. The van der Waals surface area contributed by atoms with Gasteiger partial charge in [-0.3, -0.25) is 0 Å². The van der Waals surface area contributed by atoms with Crippen LogP contribution in [0.3, 0.4) is 0 Å². The Balaban J connectivity index is 1.67. The third-order valence-corrected chi connectivity index (χ3v) is 3.86. The summed E-state index contributed by atoms with van der Waals surface area (Å²) in [7, 11) is 0. The number of nitrogens with zero attached hydrogens (tertiary/aromatic N) is 2. The summed E-state index contributed by atoms with van der Waals surface area (Å²) in [6.07, 6.45) is 0. The van der Waals surface area contributed by atoms with E-state index in [1.807, 2.05) is 12.1 Å². The number of nitrogens with one attached hydrogen (secondary N) is 1. The van der Waals surface area contributed by atoms with Gasteiger partial charge in [-0.25, -0.2) is 4.99 Å². The van der Waals surface area contributed by atoms with Gasteiger partial charge in [-0.1, -0.05) is 60.7 Å². The molecule has 1 aliphatic heterocycles. The van der Waals surface area contributed by atoms with Gasteiger partial charge in [0.25, 0.3) is 0 Å². The highest BCUT2D eigenvalue weighted by molar-refractivity contribution is 5.80. The fraction of sp³-hybridized carbons (Fsp3) is 0.316. The van der Waals surface area contributed by atoms with Crippen LogP contribution < -0.4 is 5.32 Å². The maximum absolute atomic E-state index is 5.45. The number of ether oxygens (including phenoxy) is 1. The van der Waals surface area contributed by atoms with Crippen LogP contribution in [0.4, 0.5) is 0 Å². The molecule has 0 saturated carbocycles. The van der Waals surface area contributed by atoms with Gasteiger partial charge in [0.15, 0.2) is 5.96 Å². The summed E-state index contributed by atoms with van der Waals surface area (Å²) in [5, 5.41) is 3.50. The number of aliphatic imine (C=N–C) groups is 1. The molecule has 1 saturated heterocycles. The van der Waals surface area contributed by atoms with Crippen molar-refractivity contribution in [2.24, 2.45) is 4.99 Å². The molecule has 2 aromatic rings. The van der Waals surface area contributed by atoms with Crippen molar-refractivity contribution in [1.29, 1.82) is 0 Å². The zero-order valence-corrected chi connectivity index (χ0v) is 13.3. The lowest BCUT2D eigenvalue weighted by atomic mass is 10.2. The van der Waals surface area contributed by atoms with E-state index in [-0.39, 0.29) is 0 Å². The first-order valence-electron chi connectivity index (χ1n) is 8.11. The van der Waals surface area contributed by atoms with Crippen LogP contribution in [-0.2, 0) is 17.8 Å². The molecule has 0 spiro atoms. The molecule has 1 fully saturated rings. The van der Waals surface area contributed by atoms with Crippen molar-refractivity contribution in [3.05, 3.63) is 71.8 Å². The van der Waals surface area contributed by atoms with Gasteiger partial charge in [-0.2, -0.15) is 0 Å². The molecule has 0 unspecified atom stereocenters. The summed E-state index contributed by atoms with van der Waals surface area (Å²) in [6, 6.07) is 20.8. The first-order chi connectivity index (χ1) is 11.4. The van der Waals surface area contributed by atoms with Gasteiger partial charge >= 0.3 is 0 Å². The van der Waals surface area contributed by atoms with Crippen molar-refractivity contribution >= 4 is 5.96 Å². The van der Waals surface area contributed by atoms with E-state index < -0.39 is 0 Å². The Bertz CT molecular complexity index is 607. The minimum atomic E-state index is 0.690. The summed E-state index contributed by atoms with van der Waals surface area (Å²) in [4.78, 5) is 7.08. The van der Waals surface area contributed by atoms with E-state index in [0.717, 1.165) is 38.8 Å². The predicted molar refractivity (Wildman–Crippen MR) is 93.3 cm³/mol. The molecule has 23 heavy (non-hydrogen) atoms. The molecule has 4 heteroatoms. The Kier molecular flexibility index (Phi) is 5.64. The molecule has 0 radical (unpaired) electrons. The molecule has 0 aromatic heterocycles. The average Bonchev–Trinajstić information content (AvgIpc) is 2.64. The van der Waals surface area contributed by atoms with Gasteiger partial charge in [0.1, 0.15) is 0 Å². The number of rotatable bonds is 4. The largest absolute Gasteiger partial charge is 0.378 e. The summed E-state index contributed by atoms with van der Waals surface area (Å²) in [5.41, 5.74) is 2.48. The van der Waals surface area contributed by atoms with Gasteiger partial charge in [0, 0.05) is 19.6 Å².